The summed E-state index contributed by atoms with van der Waals surface area (Å²) in [7, 11) is -3.60. The minimum absolute atomic E-state index is 0.0854. The lowest BCUT2D eigenvalue weighted by atomic mass is 10.1. The lowest BCUT2D eigenvalue weighted by Crippen LogP contribution is -2.36. The van der Waals surface area contributed by atoms with E-state index in [2.05, 4.69) is 0 Å². The fraction of sp³-hybridized carbons (Fsp3) is 0.294. The Morgan fingerprint density at radius 2 is 1.82 bits per heavy atom. The standard InChI is InChI=1S/C17H18ClNO2S/c1-11-9-17(12(2)8-15(11)18)22(20,21)19-13(3)10-14-6-4-5-7-16(14)19/h4-9,13H,10H2,1-3H3/t13-/m0/s1. The van der Waals surface area contributed by atoms with Gasteiger partial charge in [0.15, 0.2) is 0 Å². The van der Waals surface area contributed by atoms with Crippen molar-refractivity contribution in [2.75, 3.05) is 4.31 Å². The van der Waals surface area contributed by atoms with Crippen molar-refractivity contribution in [1.29, 1.82) is 0 Å². The van der Waals surface area contributed by atoms with Gasteiger partial charge >= 0.3 is 0 Å². The van der Waals surface area contributed by atoms with Gasteiger partial charge in [-0.3, -0.25) is 4.31 Å². The maximum atomic E-state index is 13.2. The number of hydrogen-bond acceptors (Lipinski definition) is 2. The number of sulfonamides is 1. The predicted molar refractivity (Wildman–Crippen MR) is 90.2 cm³/mol. The van der Waals surface area contributed by atoms with Crippen molar-refractivity contribution in [3.8, 4) is 0 Å². The highest BCUT2D eigenvalue weighted by Gasteiger charge is 2.36. The minimum atomic E-state index is -3.60. The summed E-state index contributed by atoms with van der Waals surface area (Å²) in [5.41, 5.74) is 3.29. The Morgan fingerprint density at radius 3 is 2.55 bits per heavy atom. The molecular weight excluding hydrogens is 318 g/mol. The van der Waals surface area contributed by atoms with Crippen LogP contribution in [0.5, 0.6) is 0 Å². The molecular formula is C17H18ClNO2S. The summed E-state index contributed by atoms with van der Waals surface area (Å²) in [6.45, 7) is 5.54. The van der Waals surface area contributed by atoms with Crippen LogP contribution in [0.25, 0.3) is 0 Å². The molecule has 0 saturated heterocycles. The van der Waals surface area contributed by atoms with E-state index in [-0.39, 0.29) is 6.04 Å². The molecule has 1 atom stereocenters. The quantitative estimate of drug-likeness (QED) is 0.828. The molecule has 2 aromatic carbocycles. The first-order valence-corrected chi connectivity index (χ1v) is 9.03. The topological polar surface area (TPSA) is 37.4 Å². The molecule has 5 heteroatoms. The van der Waals surface area contributed by atoms with Gasteiger partial charge in [0.05, 0.1) is 10.6 Å². The number of nitrogens with zero attached hydrogens (tertiary/aromatic N) is 1. The third-order valence-corrected chi connectivity index (χ3v) is 6.62. The Morgan fingerprint density at radius 1 is 1.14 bits per heavy atom. The summed E-state index contributed by atoms with van der Waals surface area (Å²) in [6.07, 6.45) is 0.737. The monoisotopic (exact) mass is 335 g/mol. The number of halogens is 1. The van der Waals surface area contributed by atoms with E-state index in [4.69, 9.17) is 11.6 Å². The van der Waals surface area contributed by atoms with Crippen LogP contribution in [0, 0.1) is 13.8 Å². The zero-order chi connectivity index (χ0) is 16.1. The molecule has 0 aliphatic carbocycles. The van der Waals surface area contributed by atoms with Crippen LogP contribution < -0.4 is 4.31 Å². The molecule has 0 unspecified atom stereocenters. The maximum Gasteiger partial charge on any atom is 0.264 e. The Kier molecular flexibility index (Phi) is 3.69. The first-order chi connectivity index (χ1) is 10.3. The Bertz CT molecular complexity index is 846. The van der Waals surface area contributed by atoms with Crippen LogP contribution in [0.1, 0.15) is 23.6 Å². The summed E-state index contributed by atoms with van der Waals surface area (Å²) in [6, 6.07) is 11.0. The van der Waals surface area contributed by atoms with Crippen molar-refractivity contribution in [3.05, 3.63) is 58.1 Å². The number of rotatable bonds is 2. The van der Waals surface area contributed by atoms with Crippen LogP contribution in [0.4, 0.5) is 5.69 Å². The van der Waals surface area contributed by atoms with Crippen LogP contribution in [-0.4, -0.2) is 14.5 Å². The van der Waals surface area contributed by atoms with Crippen LogP contribution >= 0.6 is 11.6 Å². The molecule has 0 bridgehead atoms. The van der Waals surface area contributed by atoms with Crippen LogP contribution in [0.3, 0.4) is 0 Å². The molecule has 22 heavy (non-hydrogen) atoms. The highest BCUT2D eigenvalue weighted by molar-refractivity contribution is 7.93. The van der Waals surface area contributed by atoms with E-state index >= 15 is 0 Å². The predicted octanol–water partition coefficient (Wildman–Crippen LogP) is 4.10. The summed E-state index contributed by atoms with van der Waals surface area (Å²) in [5.74, 6) is 0. The molecule has 0 aromatic heterocycles. The molecule has 0 N–H and O–H groups in total. The molecule has 1 heterocycles. The van der Waals surface area contributed by atoms with Gasteiger partial charge < -0.3 is 0 Å². The van der Waals surface area contributed by atoms with E-state index < -0.39 is 10.0 Å². The second kappa shape index (κ2) is 5.28. The zero-order valence-corrected chi connectivity index (χ0v) is 14.4. The van der Waals surface area contributed by atoms with E-state index in [1.54, 1.807) is 19.1 Å². The van der Waals surface area contributed by atoms with Crippen molar-refractivity contribution in [2.24, 2.45) is 0 Å². The smallest absolute Gasteiger partial charge is 0.263 e. The SMILES string of the molecule is Cc1cc(S(=O)(=O)N2c3ccccc3C[C@@H]2C)c(C)cc1Cl. The highest BCUT2D eigenvalue weighted by Crippen LogP contribution is 2.37. The lowest BCUT2D eigenvalue weighted by molar-refractivity contribution is 0.583. The molecule has 2 aromatic rings. The number of benzene rings is 2. The molecule has 0 radical (unpaired) electrons. The number of fused-ring (bicyclic) bond motifs is 1. The molecule has 0 saturated carbocycles. The molecule has 3 rings (SSSR count). The largest absolute Gasteiger partial charge is 0.264 e. The average molecular weight is 336 g/mol. The van der Waals surface area contributed by atoms with Crippen molar-refractivity contribution in [2.45, 2.75) is 38.1 Å². The molecule has 0 spiro atoms. The van der Waals surface area contributed by atoms with E-state index in [1.807, 2.05) is 38.1 Å². The molecule has 1 aliphatic rings. The molecule has 116 valence electrons. The van der Waals surface area contributed by atoms with Gasteiger partial charge in [0.2, 0.25) is 0 Å². The van der Waals surface area contributed by atoms with Gasteiger partial charge in [-0.15, -0.1) is 0 Å². The van der Waals surface area contributed by atoms with Gasteiger partial charge in [0.25, 0.3) is 10.0 Å². The first-order valence-electron chi connectivity index (χ1n) is 7.21. The van der Waals surface area contributed by atoms with Gasteiger partial charge in [-0.25, -0.2) is 8.42 Å². The highest BCUT2D eigenvalue weighted by atomic mass is 35.5. The number of para-hydroxylation sites is 1. The first kappa shape index (κ1) is 15.4. The second-order valence-corrected chi connectivity index (χ2v) is 8.04. The fourth-order valence-corrected chi connectivity index (χ4v) is 5.25. The molecule has 0 fully saturated rings. The maximum absolute atomic E-state index is 13.2. The van der Waals surface area contributed by atoms with Crippen LogP contribution in [-0.2, 0) is 16.4 Å². The number of aryl methyl sites for hydroxylation is 2. The zero-order valence-electron chi connectivity index (χ0n) is 12.8. The summed E-state index contributed by atoms with van der Waals surface area (Å²) in [5, 5.41) is 0.589. The third-order valence-electron chi connectivity index (χ3n) is 4.14. The summed E-state index contributed by atoms with van der Waals surface area (Å²) in [4.78, 5) is 0.331. The lowest BCUT2D eigenvalue weighted by Gasteiger charge is -2.25. The van der Waals surface area contributed by atoms with Crippen molar-refractivity contribution >= 4 is 27.3 Å². The van der Waals surface area contributed by atoms with Gasteiger partial charge in [0.1, 0.15) is 0 Å². The number of anilines is 1. The van der Waals surface area contributed by atoms with Crippen molar-refractivity contribution in [3.63, 3.8) is 0 Å². The minimum Gasteiger partial charge on any atom is -0.263 e. The van der Waals surface area contributed by atoms with E-state index in [9.17, 15) is 8.42 Å². The van der Waals surface area contributed by atoms with Crippen LogP contribution in [0.15, 0.2) is 41.3 Å². The Balaban J connectivity index is 2.17. The van der Waals surface area contributed by atoms with E-state index in [0.29, 0.717) is 15.5 Å². The molecule has 3 nitrogen and oxygen atoms in total. The van der Waals surface area contributed by atoms with Gasteiger partial charge in [-0.1, -0.05) is 29.8 Å². The Labute approximate surface area is 136 Å². The Hall–Kier alpha value is -1.52. The fourth-order valence-electron chi connectivity index (χ4n) is 3.04. The summed E-state index contributed by atoms with van der Waals surface area (Å²) >= 11 is 6.10. The van der Waals surface area contributed by atoms with Crippen molar-refractivity contribution < 1.29 is 8.42 Å². The second-order valence-electron chi connectivity index (χ2n) is 5.85. The third kappa shape index (κ3) is 2.31. The summed E-state index contributed by atoms with van der Waals surface area (Å²) < 4.78 is 27.9. The van der Waals surface area contributed by atoms with E-state index in [1.165, 1.54) is 4.31 Å². The van der Waals surface area contributed by atoms with Crippen LogP contribution in [0.2, 0.25) is 5.02 Å². The van der Waals surface area contributed by atoms with Crippen molar-refractivity contribution in [1.82, 2.24) is 0 Å². The molecule has 0 amide bonds. The normalized spacial score (nSPS) is 17.6. The van der Waals surface area contributed by atoms with E-state index in [0.717, 1.165) is 23.2 Å². The average Bonchev–Trinajstić information content (AvgIpc) is 2.79. The van der Waals surface area contributed by atoms with Gasteiger partial charge in [-0.05, 0) is 62.1 Å². The number of hydrogen-bond donors (Lipinski definition) is 0. The molecule has 1 aliphatic heterocycles. The van der Waals surface area contributed by atoms with Gasteiger partial charge in [0, 0.05) is 11.1 Å². The van der Waals surface area contributed by atoms with Gasteiger partial charge in [-0.2, -0.15) is 0 Å².